The monoisotopic (exact) mass is 369 g/mol. The molecule has 3 aromatic rings. The van der Waals surface area contributed by atoms with Gasteiger partial charge in [0.1, 0.15) is 6.10 Å². The second-order valence-corrected chi connectivity index (χ2v) is 6.43. The van der Waals surface area contributed by atoms with E-state index in [-0.39, 0.29) is 12.0 Å². The Kier molecular flexibility index (Phi) is 4.69. The van der Waals surface area contributed by atoms with Gasteiger partial charge in [-0.25, -0.2) is 0 Å². The normalized spacial score (nSPS) is 16.6. The predicted molar refractivity (Wildman–Crippen MR) is 97.8 cm³/mol. The van der Waals surface area contributed by atoms with E-state index in [2.05, 4.69) is 15.5 Å². The molecule has 0 bridgehead atoms. The number of amides is 1. The fourth-order valence-electron chi connectivity index (χ4n) is 2.76. The summed E-state index contributed by atoms with van der Waals surface area (Å²) < 4.78 is 10.7. The topological polar surface area (TPSA) is 77.3 Å². The largest absolute Gasteiger partial charge is 0.368 e. The number of nitrogens with zero attached hydrogens (tertiary/aromatic N) is 2. The van der Waals surface area contributed by atoms with Crippen molar-refractivity contribution in [3.05, 3.63) is 53.6 Å². The predicted octanol–water partition coefficient (Wildman–Crippen LogP) is 4.17. The van der Waals surface area contributed by atoms with Gasteiger partial charge in [0.2, 0.25) is 5.82 Å². The zero-order valence-corrected chi connectivity index (χ0v) is 14.6. The molecule has 1 fully saturated rings. The molecule has 1 N–H and O–H groups in total. The molecule has 1 aliphatic rings. The molecule has 26 heavy (non-hydrogen) atoms. The lowest BCUT2D eigenvalue weighted by molar-refractivity contribution is -0.124. The van der Waals surface area contributed by atoms with Crippen LogP contribution in [0, 0.1) is 0 Å². The minimum Gasteiger partial charge on any atom is -0.368 e. The highest BCUT2D eigenvalue weighted by atomic mass is 35.5. The maximum Gasteiger partial charge on any atom is 0.258 e. The van der Waals surface area contributed by atoms with Crippen LogP contribution >= 0.6 is 11.6 Å². The summed E-state index contributed by atoms with van der Waals surface area (Å²) in [5, 5.41) is 7.51. The van der Waals surface area contributed by atoms with Gasteiger partial charge in [0.15, 0.2) is 0 Å². The van der Waals surface area contributed by atoms with E-state index in [4.69, 9.17) is 20.9 Å². The maximum atomic E-state index is 12.1. The number of nitrogens with one attached hydrogen (secondary N) is 1. The molecule has 1 aromatic heterocycles. The first kappa shape index (κ1) is 16.8. The van der Waals surface area contributed by atoms with E-state index in [1.807, 2.05) is 24.3 Å². The molecule has 0 aliphatic carbocycles. The Bertz CT molecular complexity index is 901. The number of benzene rings is 2. The van der Waals surface area contributed by atoms with Crippen molar-refractivity contribution in [1.29, 1.82) is 0 Å². The van der Waals surface area contributed by atoms with Gasteiger partial charge in [-0.05, 0) is 61.4 Å². The lowest BCUT2D eigenvalue weighted by Crippen LogP contribution is -2.26. The highest BCUT2D eigenvalue weighted by Crippen LogP contribution is 2.24. The Balaban J connectivity index is 1.47. The first-order chi connectivity index (χ1) is 12.7. The van der Waals surface area contributed by atoms with Gasteiger partial charge in [-0.3, -0.25) is 4.79 Å². The van der Waals surface area contributed by atoms with E-state index >= 15 is 0 Å². The smallest absolute Gasteiger partial charge is 0.258 e. The van der Waals surface area contributed by atoms with Crippen LogP contribution in [0.1, 0.15) is 12.8 Å². The molecule has 1 unspecified atom stereocenters. The number of halogens is 1. The molecule has 0 saturated carbocycles. The molecule has 1 atom stereocenters. The van der Waals surface area contributed by atoms with Crippen LogP contribution in [-0.4, -0.2) is 28.8 Å². The summed E-state index contributed by atoms with van der Waals surface area (Å²) in [5.41, 5.74) is 2.30. The third kappa shape index (κ3) is 3.61. The number of hydrogen-bond donors (Lipinski definition) is 1. The van der Waals surface area contributed by atoms with Crippen LogP contribution in [0.15, 0.2) is 53.1 Å². The number of rotatable bonds is 4. The molecule has 0 radical (unpaired) electrons. The molecular formula is C19H16ClN3O3. The first-order valence-electron chi connectivity index (χ1n) is 8.31. The van der Waals surface area contributed by atoms with Crippen molar-refractivity contribution in [3.8, 4) is 22.8 Å². The Morgan fingerprint density at radius 3 is 2.50 bits per heavy atom. The van der Waals surface area contributed by atoms with Crippen molar-refractivity contribution in [3.63, 3.8) is 0 Å². The van der Waals surface area contributed by atoms with Crippen LogP contribution in [0.25, 0.3) is 22.8 Å². The Hall–Kier alpha value is -2.70. The molecule has 2 aromatic carbocycles. The summed E-state index contributed by atoms with van der Waals surface area (Å²) >= 11 is 5.89. The van der Waals surface area contributed by atoms with Crippen molar-refractivity contribution < 1.29 is 14.1 Å². The lowest BCUT2D eigenvalue weighted by Gasteiger charge is -2.10. The van der Waals surface area contributed by atoms with Crippen molar-refractivity contribution in [2.75, 3.05) is 11.9 Å². The van der Waals surface area contributed by atoms with Crippen LogP contribution in [-0.2, 0) is 9.53 Å². The van der Waals surface area contributed by atoms with Crippen LogP contribution in [0.4, 0.5) is 5.69 Å². The molecule has 2 heterocycles. The molecule has 132 valence electrons. The molecule has 1 amide bonds. The molecule has 7 heteroatoms. The minimum atomic E-state index is -0.354. The molecule has 1 aliphatic heterocycles. The summed E-state index contributed by atoms with van der Waals surface area (Å²) in [6.45, 7) is 0.643. The van der Waals surface area contributed by atoms with Crippen LogP contribution < -0.4 is 5.32 Å². The SMILES string of the molecule is O=C(Nc1ccc(-c2nc(-c3ccc(Cl)cc3)no2)cc1)C1CCCO1. The quantitative estimate of drug-likeness (QED) is 0.746. The van der Waals surface area contributed by atoms with Gasteiger partial charge in [0.05, 0.1) is 0 Å². The second kappa shape index (κ2) is 7.27. The minimum absolute atomic E-state index is 0.113. The number of ether oxygens (including phenoxy) is 1. The molecule has 1 saturated heterocycles. The molecule has 4 rings (SSSR count). The van der Waals surface area contributed by atoms with Gasteiger partial charge < -0.3 is 14.6 Å². The van der Waals surface area contributed by atoms with Gasteiger partial charge in [0, 0.05) is 28.4 Å². The molecule has 6 nitrogen and oxygen atoms in total. The zero-order chi connectivity index (χ0) is 17.9. The second-order valence-electron chi connectivity index (χ2n) is 6.00. The standard InChI is InChI=1S/C19H16ClN3O3/c20-14-7-3-12(4-8-14)17-22-19(26-23-17)13-5-9-15(10-6-13)21-18(24)16-2-1-11-25-16/h3-10,16H,1-2,11H2,(H,21,24). The van der Waals surface area contributed by atoms with Crippen LogP contribution in [0.2, 0.25) is 5.02 Å². The number of hydrogen-bond acceptors (Lipinski definition) is 5. The Morgan fingerprint density at radius 1 is 1.08 bits per heavy atom. The fraction of sp³-hybridized carbons (Fsp3) is 0.211. The summed E-state index contributed by atoms with van der Waals surface area (Å²) in [4.78, 5) is 16.5. The fourth-order valence-corrected chi connectivity index (χ4v) is 2.89. The average Bonchev–Trinajstić information content (AvgIpc) is 3.35. The Labute approximate surface area is 155 Å². The van der Waals surface area contributed by atoms with E-state index in [9.17, 15) is 4.79 Å². The van der Waals surface area contributed by atoms with Gasteiger partial charge in [-0.2, -0.15) is 4.98 Å². The van der Waals surface area contributed by atoms with E-state index in [0.717, 1.165) is 24.0 Å². The molecular weight excluding hydrogens is 354 g/mol. The molecule has 0 spiro atoms. The summed E-state index contributed by atoms with van der Waals surface area (Å²) in [7, 11) is 0. The maximum absolute atomic E-state index is 12.1. The Morgan fingerprint density at radius 2 is 1.81 bits per heavy atom. The first-order valence-corrected chi connectivity index (χ1v) is 8.69. The van der Waals surface area contributed by atoms with E-state index in [0.29, 0.717) is 29.0 Å². The van der Waals surface area contributed by atoms with Gasteiger partial charge >= 0.3 is 0 Å². The number of carbonyl (C=O) groups excluding carboxylic acids is 1. The third-order valence-corrected chi connectivity index (χ3v) is 4.40. The van der Waals surface area contributed by atoms with Crippen molar-refractivity contribution in [2.24, 2.45) is 0 Å². The highest BCUT2D eigenvalue weighted by Gasteiger charge is 2.23. The van der Waals surface area contributed by atoms with Crippen molar-refractivity contribution in [1.82, 2.24) is 10.1 Å². The summed E-state index contributed by atoms with van der Waals surface area (Å²) in [6, 6.07) is 14.5. The van der Waals surface area contributed by atoms with Gasteiger partial charge in [-0.15, -0.1) is 0 Å². The average molecular weight is 370 g/mol. The van der Waals surface area contributed by atoms with Crippen molar-refractivity contribution >= 4 is 23.2 Å². The number of aromatic nitrogens is 2. The zero-order valence-electron chi connectivity index (χ0n) is 13.8. The third-order valence-electron chi connectivity index (χ3n) is 4.15. The van der Waals surface area contributed by atoms with Crippen molar-refractivity contribution in [2.45, 2.75) is 18.9 Å². The van der Waals surface area contributed by atoms with Crippen LogP contribution in [0.3, 0.4) is 0 Å². The van der Waals surface area contributed by atoms with E-state index in [1.54, 1.807) is 24.3 Å². The lowest BCUT2D eigenvalue weighted by atomic mass is 10.2. The van der Waals surface area contributed by atoms with Gasteiger partial charge in [-0.1, -0.05) is 16.8 Å². The highest BCUT2D eigenvalue weighted by molar-refractivity contribution is 6.30. The number of carbonyl (C=O) groups is 1. The van der Waals surface area contributed by atoms with Gasteiger partial charge in [0.25, 0.3) is 11.8 Å². The van der Waals surface area contributed by atoms with Crippen LogP contribution in [0.5, 0.6) is 0 Å². The summed E-state index contributed by atoms with van der Waals surface area (Å²) in [5.74, 6) is 0.789. The summed E-state index contributed by atoms with van der Waals surface area (Å²) in [6.07, 6.45) is 1.33. The van der Waals surface area contributed by atoms with E-state index in [1.165, 1.54) is 0 Å². The van der Waals surface area contributed by atoms with E-state index < -0.39 is 0 Å². The number of anilines is 1.